The Balaban J connectivity index is 1.12. The molecule has 0 saturated heterocycles. The molecule has 2 aliphatic carbocycles. The molecule has 5 heteroatoms. The van der Waals surface area contributed by atoms with Gasteiger partial charge in [-0.3, -0.25) is 0 Å². The van der Waals surface area contributed by atoms with Gasteiger partial charge in [0.25, 0.3) is 0 Å². The minimum absolute atomic E-state index is 0.478. The summed E-state index contributed by atoms with van der Waals surface area (Å²) in [5.41, 5.74) is 8.35. The molecular weight excluding hydrogens is 793 g/mol. The second-order valence-electron chi connectivity index (χ2n) is 20.7. The average Bonchev–Trinajstić information content (AvgIpc) is 3.34. The van der Waals surface area contributed by atoms with Gasteiger partial charge in [0.2, 0.25) is 0 Å². The Hall–Kier alpha value is -3.60. The standard InChI is InChI=1S/C60H90N4O/c1-5-9-13-17-21-23-47-31-37-57(55(39-47)41-49-27-33-53(34-28-49)59-61-43-51(44-62-59)25-19-15-11-7-3)65-58-38-32-48(24-22-18-14-10-6-2)40-56(58)42-50-29-35-54(36-30-50)60-63-45-52(46-64-60)26-20-16-12-8-4/h31-32,37-40,43-46,49-50,53-54H,5-30,33-36,41-42H2,1-4H3. The monoisotopic (exact) mass is 883 g/mol. The Labute approximate surface area is 397 Å². The number of unbranched alkanes of at least 4 members (excludes halogenated alkanes) is 14. The minimum atomic E-state index is 0.478. The van der Waals surface area contributed by atoms with E-state index in [-0.39, 0.29) is 0 Å². The molecule has 2 aromatic heterocycles. The molecule has 2 aliphatic rings. The Morgan fingerprint density at radius 2 is 0.708 bits per heavy atom. The van der Waals surface area contributed by atoms with Crippen LogP contribution >= 0.6 is 0 Å². The van der Waals surface area contributed by atoms with Crippen LogP contribution in [0, 0.1) is 11.8 Å². The summed E-state index contributed by atoms with van der Waals surface area (Å²) in [6.07, 6.45) is 48.2. The molecule has 6 rings (SSSR count). The first-order chi connectivity index (χ1) is 32.0. The van der Waals surface area contributed by atoms with Crippen molar-refractivity contribution in [1.29, 1.82) is 0 Å². The lowest BCUT2D eigenvalue weighted by atomic mass is 9.78. The van der Waals surface area contributed by atoms with Gasteiger partial charge in [-0.1, -0.05) is 142 Å². The van der Waals surface area contributed by atoms with Gasteiger partial charge in [0, 0.05) is 36.6 Å². The smallest absolute Gasteiger partial charge is 0.131 e. The van der Waals surface area contributed by atoms with Gasteiger partial charge >= 0.3 is 0 Å². The normalized spacial score (nSPS) is 18.8. The Morgan fingerprint density at radius 1 is 0.385 bits per heavy atom. The van der Waals surface area contributed by atoms with Crippen LogP contribution in [0.5, 0.6) is 11.5 Å². The van der Waals surface area contributed by atoms with Gasteiger partial charge in [-0.25, -0.2) is 19.9 Å². The molecule has 65 heavy (non-hydrogen) atoms. The van der Waals surface area contributed by atoms with Gasteiger partial charge < -0.3 is 4.74 Å². The first-order valence-corrected chi connectivity index (χ1v) is 27.6. The second-order valence-corrected chi connectivity index (χ2v) is 20.7. The van der Waals surface area contributed by atoms with E-state index < -0.39 is 0 Å². The first-order valence-electron chi connectivity index (χ1n) is 27.6. The molecule has 0 spiro atoms. The van der Waals surface area contributed by atoms with E-state index >= 15 is 0 Å². The summed E-state index contributed by atoms with van der Waals surface area (Å²) in [6.45, 7) is 9.17. The Kier molecular flexibility index (Phi) is 22.8. The molecule has 2 aromatic carbocycles. The molecule has 0 N–H and O–H groups in total. The van der Waals surface area contributed by atoms with E-state index in [0.717, 1.165) is 61.7 Å². The van der Waals surface area contributed by atoms with Crippen LogP contribution in [0.4, 0.5) is 0 Å². The summed E-state index contributed by atoms with van der Waals surface area (Å²) in [6, 6.07) is 14.4. The summed E-state index contributed by atoms with van der Waals surface area (Å²) in [7, 11) is 0. The van der Waals surface area contributed by atoms with E-state index in [1.807, 2.05) is 0 Å². The molecule has 4 aromatic rings. The number of aryl methyl sites for hydroxylation is 4. The van der Waals surface area contributed by atoms with Gasteiger partial charge in [0.05, 0.1) is 0 Å². The fraction of sp³-hybridized carbons (Fsp3) is 0.667. The zero-order chi connectivity index (χ0) is 45.3. The van der Waals surface area contributed by atoms with Gasteiger partial charge in [-0.15, -0.1) is 0 Å². The number of nitrogens with zero attached hydrogens (tertiary/aromatic N) is 4. The molecule has 5 nitrogen and oxygen atoms in total. The molecule has 0 amide bonds. The number of hydrogen-bond acceptors (Lipinski definition) is 5. The molecule has 0 radical (unpaired) electrons. The fourth-order valence-electron chi connectivity index (χ4n) is 10.9. The minimum Gasteiger partial charge on any atom is -0.457 e. The van der Waals surface area contributed by atoms with E-state index in [4.69, 9.17) is 24.7 Å². The quantitative estimate of drug-likeness (QED) is 0.0488. The van der Waals surface area contributed by atoms with Crippen LogP contribution in [0.2, 0.25) is 0 Å². The summed E-state index contributed by atoms with van der Waals surface area (Å²) < 4.78 is 7.20. The number of ether oxygens (including phenoxy) is 1. The highest BCUT2D eigenvalue weighted by Crippen LogP contribution is 2.41. The third-order valence-corrected chi connectivity index (χ3v) is 15.1. The average molecular weight is 883 g/mol. The van der Waals surface area contributed by atoms with Crippen molar-refractivity contribution >= 4 is 0 Å². The maximum absolute atomic E-state index is 7.20. The summed E-state index contributed by atoms with van der Waals surface area (Å²) >= 11 is 0. The van der Waals surface area contributed by atoms with Crippen LogP contribution in [0.15, 0.2) is 61.2 Å². The second kappa shape index (κ2) is 29.2. The lowest BCUT2D eigenvalue weighted by molar-refractivity contribution is 0.312. The van der Waals surface area contributed by atoms with Gasteiger partial charge in [0.1, 0.15) is 23.1 Å². The van der Waals surface area contributed by atoms with E-state index in [1.165, 1.54) is 200 Å². The van der Waals surface area contributed by atoms with E-state index in [2.05, 4.69) is 88.9 Å². The largest absolute Gasteiger partial charge is 0.457 e. The summed E-state index contributed by atoms with van der Waals surface area (Å²) in [5.74, 6) is 6.54. The van der Waals surface area contributed by atoms with Gasteiger partial charge in [0.15, 0.2) is 0 Å². The van der Waals surface area contributed by atoms with Crippen molar-refractivity contribution in [1.82, 2.24) is 19.9 Å². The number of aromatic nitrogens is 4. The van der Waals surface area contributed by atoms with Crippen molar-refractivity contribution in [3.63, 3.8) is 0 Å². The molecule has 0 unspecified atom stereocenters. The summed E-state index contributed by atoms with van der Waals surface area (Å²) in [4.78, 5) is 19.6. The number of benzene rings is 2. The molecule has 0 aliphatic heterocycles. The van der Waals surface area contributed by atoms with Crippen LogP contribution < -0.4 is 4.74 Å². The predicted molar refractivity (Wildman–Crippen MR) is 274 cm³/mol. The zero-order valence-corrected chi connectivity index (χ0v) is 41.9. The van der Waals surface area contributed by atoms with Gasteiger partial charge in [-0.05, 0) is 173 Å². The highest BCUT2D eigenvalue weighted by atomic mass is 16.5. The molecule has 0 atom stereocenters. The van der Waals surface area contributed by atoms with Crippen molar-refractivity contribution in [2.75, 3.05) is 0 Å². The zero-order valence-electron chi connectivity index (χ0n) is 41.9. The van der Waals surface area contributed by atoms with Crippen LogP contribution in [-0.2, 0) is 38.5 Å². The molecule has 2 saturated carbocycles. The molecule has 356 valence electrons. The lowest BCUT2D eigenvalue weighted by Gasteiger charge is -2.29. The maximum Gasteiger partial charge on any atom is 0.131 e. The third kappa shape index (κ3) is 17.5. The van der Waals surface area contributed by atoms with E-state index in [0.29, 0.717) is 23.7 Å². The first kappa shape index (κ1) is 50.8. The van der Waals surface area contributed by atoms with E-state index in [1.54, 1.807) is 0 Å². The maximum atomic E-state index is 7.20. The van der Waals surface area contributed by atoms with Crippen molar-refractivity contribution in [3.8, 4) is 11.5 Å². The van der Waals surface area contributed by atoms with Crippen molar-refractivity contribution in [3.05, 3.63) is 106 Å². The molecule has 2 heterocycles. The van der Waals surface area contributed by atoms with Crippen LogP contribution in [0.25, 0.3) is 0 Å². The van der Waals surface area contributed by atoms with Crippen LogP contribution in [-0.4, -0.2) is 19.9 Å². The predicted octanol–water partition coefficient (Wildman–Crippen LogP) is 17.4. The van der Waals surface area contributed by atoms with Crippen LogP contribution in [0.1, 0.15) is 252 Å². The lowest BCUT2D eigenvalue weighted by Crippen LogP contribution is -2.18. The Morgan fingerprint density at radius 3 is 1.06 bits per heavy atom. The highest BCUT2D eigenvalue weighted by Gasteiger charge is 2.27. The molecular formula is C60H90N4O. The van der Waals surface area contributed by atoms with E-state index in [9.17, 15) is 0 Å². The molecule has 0 bridgehead atoms. The topological polar surface area (TPSA) is 60.8 Å². The fourth-order valence-corrected chi connectivity index (χ4v) is 10.9. The number of hydrogen-bond donors (Lipinski definition) is 0. The van der Waals surface area contributed by atoms with Crippen LogP contribution in [0.3, 0.4) is 0 Å². The highest BCUT2D eigenvalue weighted by molar-refractivity contribution is 5.45. The third-order valence-electron chi connectivity index (χ3n) is 15.1. The Bertz CT molecular complexity index is 1740. The van der Waals surface area contributed by atoms with Crippen molar-refractivity contribution in [2.45, 2.75) is 245 Å². The molecule has 2 fully saturated rings. The number of rotatable bonds is 30. The van der Waals surface area contributed by atoms with Gasteiger partial charge in [-0.2, -0.15) is 0 Å². The van der Waals surface area contributed by atoms with Crippen molar-refractivity contribution in [2.24, 2.45) is 11.8 Å². The summed E-state index contributed by atoms with van der Waals surface area (Å²) in [5, 5.41) is 0. The SMILES string of the molecule is CCCCCCCc1ccc(Oc2ccc(CCCCCCC)cc2CC2CCC(c3ncc(CCCCCC)cn3)CC2)c(CC2CCC(c3ncc(CCCCCC)cn3)CC2)c1. The van der Waals surface area contributed by atoms with Crippen molar-refractivity contribution < 1.29 is 4.74 Å².